The molecule has 0 radical (unpaired) electrons. The minimum absolute atomic E-state index is 0.217. The average molecular weight is 282 g/mol. The number of anilines is 1. The summed E-state index contributed by atoms with van der Waals surface area (Å²) >= 11 is 0. The molecule has 0 saturated carbocycles. The standard InChI is InChI=1S/C17H15FN2O/c1-12-20-17(11-21-12)14-4-8-16(9-5-14)19-10-13-2-6-15(18)7-3-13/h2-9,11,19H,10H2,1H3. The van der Waals surface area contributed by atoms with E-state index in [2.05, 4.69) is 10.3 Å². The Balaban J connectivity index is 1.65. The van der Waals surface area contributed by atoms with Crippen molar-refractivity contribution in [2.75, 3.05) is 5.32 Å². The maximum Gasteiger partial charge on any atom is 0.191 e. The molecule has 1 heterocycles. The van der Waals surface area contributed by atoms with Gasteiger partial charge in [-0.2, -0.15) is 0 Å². The van der Waals surface area contributed by atoms with Crippen molar-refractivity contribution in [2.24, 2.45) is 0 Å². The molecule has 0 spiro atoms. The third kappa shape index (κ3) is 3.28. The van der Waals surface area contributed by atoms with Gasteiger partial charge in [-0.3, -0.25) is 0 Å². The van der Waals surface area contributed by atoms with Gasteiger partial charge in [0.1, 0.15) is 17.8 Å². The lowest BCUT2D eigenvalue weighted by Gasteiger charge is -2.07. The first-order chi connectivity index (χ1) is 10.2. The lowest BCUT2D eigenvalue weighted by atomic mass is 10.1. The number of nitrogens with one attached hydrogen (secondary N) is 1. The normalized spacial score (nSPS) is 10.6. The van der Waals surface area contributed by atoms with Crippen LogP contribution >= 0.6 is 0 Å². The minimum Gasteiger partial charge on any atom is -0.449 e. The molecular weight excluding hydrogens is 267 g/mol. The maximum atomic E-state index is 12.8. The van der Waals surface area contributed by atoms with Crippen molar-refractivity contribution >= 4 is 5.69 Å². The molecule has 0 saturated heterocycles. The van der Waals surface area contributed by atoms with Crippen LogP contribution in [0.1, 0.15) is 11.5 Å². The number of aryl methyl sites for hydroxylation is 1. The zero-order chi connectivity index (χ0) is 14.7. The predicted molar refractivity (Wildman–Crippen MR) is 80.4 cm³/mol. The van der Waals surface area contributed by atoms with Gasteiger partial charge in [-0.05, 0) is 29.8 Å². The fourth-order valence-corrected chi connectivity index (χ4v) is 2.06. The van der Waals surface area contributed by atoms with Crippen LogP contribution in [-0.4, -0.2) is 4.98 Å². The zero-order valence-electron chi connectivity index (χ0n) is 11.6. The van der Waals surface area contributed by atoms with Crippen molar-refractivity contribution in [2.45, 2.75) is 13.5 Å². The monoisotopic (exact) mass is 282 g/mol. The van der Waals surface area contributed by atoms with E-state index >= 15 is 0 Å². The summed E-state index contributed by atoms with van der Waals surface area (Å²) in [5.74, 6) is 0.439. The second kappa shape index (κ2) is 5.79. The summed E-state index contributed by atoms with van der Waals surface area (Å²) in [6, 6.07) is 14.4. The average Bonchev–Trinajstić information content (AvgIpc) is 2.94. The molecule has 0 aliphatic carbocycles. The van der Waals surface area contributed by atoms with Gasteiger partial charge in [0.05, 0.1) is 0 Å². The highest BCUT2D eigenvalue weighted by Crippen LogP contribution is 2.21. The Morgan fingerprint density at radius 1 is 1.05 bits per heavy atom. The van der Waals surface area contributed by atoms with E-state index in [-0.39, 0.29) is 5.82 Å². The Morgan fingerprint density at radius 2 is 1.76 bits per heavy atom. The molecular formula is C17H15FN2O. The molecule has 1 N–H and O–H groups in total. The van der Waals surface area contributed by atoms with Gasteiger partial charge in [0, 0.05) is 24.7 Å². The van der Waals surface area contributed by atoms with Gasteiger partial charge in [-0.25, -0.2) is 9.37 Å². The van der Waals surface area contributed by atoms with Crippen LogP contribution in [0.3, 0.4) is 0 Å². The second-order valence-electron chi connectivity index (χ2n) is 4.81. The van der Waals surface area contributed by atoms with Crippen LogP contribution in [0.25, 0.3) is 11.3 Å². The number of aromatic nitrogens is 1. The van der Waals surface area contributed by atoms with Gasteiger partial charge >= 0.3 is 0 Å². The zero-order valence-corrected chi connectivity index (χ0v) is 11.6. The summed E-state index contributed by atoms with van der Waals surface area (Å²) in [6.45, 7) is 2.48. The first-order valence-corrected chi connectivity index (χ1v) is 6.71. The van der Waals surface area contributed by atoms with E-state index in [0.29, 0.717) is 12.4 Å². The quantitative estimate of drug-likeness (QED) is 0.770. The number of nitrogens with zero attached hydrogens (tertiary/aromatic N) is 1. The first-order valence-electron chi connectivity index (χ1n) is 6.71. The smallest absolute Gasteiger partial charge is 0.191 e. The molecule has 0 aliphatic rings. The van der Waals surface area contributed by atoms with Crippen molar-refractivity contribution in [3.63, 3.8) is 0 Å². The van der Waals surface area contributed by atoms with Gasteiger partial charge in [-0.1, -0.05) is 24.3 Å². The van der Waals surface area contributed by atoms with Crippen LogP contribution in [0.15, 0.2) is 59.2 Å². The fourth-order valence-electron chi connectivity index (χ4n) is 2.06. The summed E-state index contributed by atoms with van der Waals surface area (Å²) in [7, 11) is 0. The topological polar surface area (TPSA) is 38.1 Å². The van der Waals surface area contributed by atoms with Crippen molar-refractivity contribution in [3.05, 3.63) is 72.1 Å². The Kier molecular flexibility index (Phi) is 3.69. The third-order valence-electron chi connectivity index (χ3n) is 3.21. The fraction of sp³-hybridized carbons (Fsp3) is 0.118. The van der Waals surface area contributed by atoms with Crippen molar-refractivity contribution in [1.29, 1.82) is 0 Å². The van der Waals surface area contributed by atoms with E-state index in [0.717, 1.165) is 22.5 Å². The molecule has 0 fully saturated rings. The van der Waals surface area contributed by atoms with Crippen LogP contribution in [0.4, 0.5) is 10.1 Å². The molecule has 3 rings (SSSR count). The predicted octanol–water partition coefficient (Wildman–Crippen LogP) is 4.40. The SMILES string of the molecule is Cc1nc(-c2ccc(NCc3ccc(F)cc3)cc2)co1. The van der Waals surface area contributed by atoms with E-state index in [1.165, 1.54) is 12.1 Å². The molecule has 21 heavy (non-hydrogen) atoms. The van der Waals surface area contributed by atoms with Crippen LogP contribution in [-0.2, 0) is 6.54 Å². The number of hydrogen-bond donors (Lipinski definition) is 1. The number of hydrogen-bond acceptors (Lipinski definition) is 3. The van der Waals surface area contributed by atoms with Crippen LogP contribution < -0.4 is 5.32 Å². The molecule has 0 amide bonds. The summed E-state index contributed by atoms with van der Waals surface area (Å²) < 4.78 is 18.0. The van der Waals surface area contributed by atoms with Crippen molar-refractivity contribution in [1.82, 2.24) is 4.98 Å². The molecule has 3 nitrogen and oxygen atoms in total. The summed E-state index contributed by atoms with van der Waals surface area (Å²) in [5.41, 5.74) is 3.88. The third-order valence-corrected chi connectivity index (χ3v) is 3.21. The van der Waals surface area contributed by atoms with E-state index in [4.69, 9.17) is 4.42 Å². The molecule has 0 aliphatic heterocycles. The number of rotatable bonds is 4. The molecule has 106 valence electrons. The van der Waals surface area contributed by atoms with E-state index in [9.17, 15) is 4.39 Å². The lowest BCUT2D eigenvalue weighted by molar-refractivity contribution is 0.521. The maximum absolute atomic E-state index is 12.8. The number of oxazole rings is 1. The largest absolute Gasteiger partial charge is 0.449 e. The molecule has 0 bridgehead atoms. The van der Waals surface area contributed by atoms with E-state index in [1.807, 2.05) is 31.2 Å². The summed E-state index contributed by atoms with van der Waals surface area (Å²) in [6.07, 6.45) is 1.65. The molecule has 2 aromatic carbocycles. The van der Waals surface area contributed by atoms with E-state index < -0.39 is 0 Å². The second-order valence-corrected chi connectivity index (χ2v) is 4.81. The van der Waals surface area contributed by atoms with Gasteiger partial charge < -0.3 is 9.73 Å². The lowest BCUT2D eigenvalue weighted by Crippen LogP contribution is -1.99. The van der Waals surface area contributed by atoms with Crippen molar-refractivity contribution in [3.8, 4) is 11.3 Å². The highest BCUT2D eigenvalue weighted by Gasteiger charge is 2.03. The Hall–Kier alpha value is -2.62. The number of halogens is 1. The highest BCUT2D eigenvalue weighted by atomic mass is 19.1. The number of benzene rings is 2. The van der Waals surface area contributed by atoms with Crippen molar-refractivity contribution < 1.29 is 8.81 Å². The minimum atomic E-state index is -0.217. The first kappa shape index (κ1) is 13.4. The summed E-state index contributed by atoms with van der Waals surface area (Å²) in [4.78, 5) is 4.29. The Morgan fingerprint density at radius 3 is 2.38 bits per heavy atom. The molecule has 1 aromatic heterocycles. The van der Waals surface area contributed by atoms with Crippen LogP contribution in [0.5, 0.6) is 0 Å². The Bertz CT molecular complexity index is 717. The van der Waals surface area contributed by atoms with Gasteiger partial charge in [0.2, 0.25) is 0 Å². The molecule has 4 heteroatoms. The molecule has 0 atom stereocenters. The van der Waals surface area contributed by atoms with Crippen LogP contribution in [0, 0.1) is 12.7 Å². The Labute approximate surface area is 122 Å². The van der Waals surface area contributed by atoms with Gasteiger partial charge in [-0.15, -0.1) is 0 Å². The van der Waals surface area contributed by atoms with Gasteiger partial charge in [0.15, 0.2) is 5.89 Å². The van der Waals surface area contributed by atoms with Crippen LogP contribution in [0.2, 0.25) is 0 Å². The van der Waals surface area contributed by atoms with Gasteiger partial charge in [0.25, 0.3) is 0 Å². The van der Waals surface area contributed by atoms with E-state index in [1.54, 1.807) is 18.4 Å². The molecule has 0 unspecified atom stereocenters. The summed E-state index contributed by atoms with van der Waals surface area (Å²) in [5, 5.41) is 3.30. The highest BCUT2D eigenvalue weighted by molar-refractivity contribution is 5.61. The molecule has 3 aromatic rings.